The van der Waals surface area contributed by atoms with Crippen molar-refractivity contribution in [2.45, 2.75) is 62.8 Å². The average molecular weight is 333 g/mol. The Morgan fingerprint density at radius 3 is 2.74 bits per heavy atom. The molecular weight excluding hydrogens is 308 g/mol. The molecule has 2 heterocycles. The Labute approximate surface area is 143 Å². The van der Waals surface area contributed by atoms with Crippen LogP contribution in [-0.2, 0) is 0 Å². The predicted molar refractivity (Wildman–Crippen MR) is 95.0 cm³/mol. The first-order valence-electron chi connectivity index (χ1n) is 8.96. The van der Waals surface area contributed by atoms with Crippen molar-refractivity contribution in [2.24, 2.45) is 4.99 Å². The summed E-state index contributed by atoms with van der Waals surface area (Å²) < 4.78 is 0. The molecule has 124 valence electrons. The van der Waals surface area contributed by atoms with E-state index in [1.165, 1.54) is 33.6 Å². The van der Waals surface area contributed by atoms with Gasteiger partial charge in [0.15, 0.2) is 0 Å². The molecule has 23 heavy (non-hydrogen) atoms. The number of aliphatic hydroxyl groups is 1. The fourth-order valence-corrected chi connectivity index (χ4v) is 4.73. The summed E-state index contributed by atoms with van der Waals surface area (Å²) >= 11 is 6.43. The molecule has 0 aromatic heterocycles. The Morgan fingerprint density at radius 2 is 1.91 bits per heavy atom. The van der Waals surface area contributed by atoms with Gasteiger partial charge in [-0.05, 0) is 74.8 Å². The number of piperidine rings is 1. The maximum Gasteiger partial charge on any atom is 0.0794 e. The van der Waals surface area contributed by atoms with E-state index in [0.717, 1.165) is 64.5 Å². The second-order valence-electron chi connectivity index (χ2n) is 7.09. The zero-order valence-corrected chi connectivity index (χ0v) is 14.3. The third kappa shape index (κ3) is 2.95. The number of hydrogen-bond acceptors (Lipinski definition) is 3. The highest BCUT2D eigenvalue weighted by molar-refractivity contribution is 6.20. The largest absolute Gasteiger partial charge is 0.388 e. The second kappa shape index (κ2) is 6.54. The van der Waals surface area contributed by atoms with Crippen LogP contribution >= 0.6 is 11.6 Å². The first-order valence-corrected chi connectivity index (χ1v) is 9.39. The summed E-state index contributed by atoms with van der Waals surface area (Å²) in [7, 11) is 0. The van der Waals surface area contributed by atoms with Crippen molar-refractivity contribution in [1.82, 2.24) is 5.32 Å². The van der Waals surface area contributed by atoms with Gasteiger partial charge < -0.3 is 10.4 Å². The summed E-state index contributed by atoms with van der Waals surface area (Å²) in [5, 5.41) is 14.4. The van der Waals surface area contributed by atoms with E-state index in [1.54, 1.807) is 0 Å². The van der Waals surface area contributed by atoms with Crippen LogP contribution in [-0.4, -0.2) is 35.9 Å². The Kier molecular flexibility index (Phi) is 4.44. The van der Waals surface area contributed by atoms with Gasteiger partial charge in [0, 0.05) is 23.6 Å². The lowest BCUT2D eigenvalue weighted by Crippen LogP contribution is -2.25. The van der Waals surface area contributed by atoms with Crippen LogP contribution in [0.1, 0.15) is 51.4 Å². The van der Waals surface area contributed by atoms with Crippen LogP contribution in [0.5, 0.6) is 0 Å². The summed E-state index contributed by atoms with van der Waals surface area (Å²) in [6, 6.07) is 0. The van der Waals surface area contributed by atoms with Crippen molar-refractivity contribution in [3.63, 3.8) is 0 Å². The zero-order valence-electron chi connectivity index (χ0n) is 13.6. The molecule has 0 radical (unpaired) electrons. The highest BCUT2D eigenvalue weighted by Gasteiger charge is 2.33. The van der Waals surface area contributed by atoms with Crippen LogP contribution < -0.4 is 5.32 Å². The number of aliphatic hydroxyl groups excluding tert-OH is 1. The number of halogens is 1. The fraction of sp³-hybridized carbons (Fsp3) is 0.632. The Balaban J connectivity index is 1.88. The van der Waals surface area contributed by atoms with E-state index in [2.05, 4.69) is 11.5 Å². The molecule has 0 aromatic rings. The molecule has 4 heteroatoms. The van der Waals surface area contributed by atoms with E-state index < -0.39 is 0 Å². The Bertz CT molecular complexity index is 621. The van der Waals surface area contributed by atoms with E-state index in [0.29, 0.717) is 0 Å². The van der Waals surface area contributed by atoms with E-state index in [1.807, 2.05) is 0 Å². The Morgan fingerprint density at radius 1 is 1.09 bits per heavy atom. The summed E-state index contributed by atoms with van der Waals surface area (Å²) in [4.78, 5) is 4.81. The highest BCUT2D eigenvalue weighted by atomic mass is 35.5. The predicted octanol–water partition coefficient (Wildman–Crippen LogP) is 3.64. The molecule has 0 aromatic carbocycles. The molecule has 0 spiro atoms. The SMILES string of the molecule is OC1CC2=C(N=CCC2)C(=C2CCNCC2)C2=C1CC(Cl)CC2. The van der Waals surface area contributed by atoms with Crippen LogP contribution in [0.3, 0.4) is 0 Å². The first kappa shape index (κ1) is 15.6. The number of aliphatic imine (C=N–C) groups is 1. The third-order valence-corrected chi connectivity index (χ3v) is 5.98. The molecule has 2 aliphatic heterocycles. The Hall–Kier alpha value is -0.900. The number of allylic oxidation sites excluding steroid dienone is 1. The summed E-state index contributed by atoms with van der Waals surface area (Å²) in [6.07, 6.45) is 9.48. The minimum absolute atomic E-state index is 0.168. The van der Waals surface area contributed by atoms with Crippen LogP contribution in [0.4, 0.5) is 0 Å². The molecule has 2 N–H and O–H groups in total. The third-order valence-electron chi connectivity index (χ3n) is 5.61. The van der Waals surface area contributed by atoms with E-state index in [9.17, 15) is 5.11 Å². The van der Waals surface area contributed by atoms with Crippen molar-refractivity contribution in [2.75, 3.05) is 13.1 Å². The molecular formula is C19H25ClN2O. The van der Waals surface area contributed by atoms with Gasteiger partial charge in [0.25, 0.3) is 0 Å². The van der Waals surface area contributed by atoms with Gasteiger partial charge in [0.2, 0.25) is 0 Å². The van der Waals surface area contributed by atoms with Gasteiger partial charge in [-0.3, -0.25) is 4.99 Å². The lowest BCUT2D eigenvalue weighted by molar-refractivity contribution is 0.202. The lowest BCUT2D eigenvalue weighted by Gasteiger charge is -2.29. The van der Waals surface area contributed by atoms with Gasteiger partial charge >= 0.3 is 0 Å². The van der Waals surface area contributed by atoms with Gasteiger partial charge in [-0.15, -0.1) is 11.6 Å². The smallest absolute Gasteiger partial charge is 0.0794 e. The molecule has 0 amide bonds. The summed E-state index contributed by atoms with van der Waals surface area (Å²) in [6.45, 7) is 2.10. The van der Waals surface area contributed by atoms with Gasteiger partial charge in [-0.25, -0.2) is 0 Å². The molecule has 0 bridgehead atoms. The van der Waals surface area contributed by atoms with Crippen LogP contribution in [0.25, 0.3) is 0 Å². The molecule has 2 unspecified atom stereocenters. The minimum Gasteiger partial charge on any atom is -0.388 e. The normalized spacial score (nSPS) is 31.9. The maximum absolute atomic E-state index is 10.8. The topological polar surface area (TPSA) is 44.6 Å². The standard InChI is InChI=1S/C19H25ClN2O/c20-14-3-4-15-16(11-14)17(23)10-13-2-1-7-22-19(13)18(15)12-5-8-21-9-6-12/h7,14,17,21,23H,1-6,8-11H2. The number of alkyl halides is 1. The average Bonchev–Trinajstić information content (AvgIpc) is 2.70. The van der Waals surface area contributed by atoms with E-state index in [-0.39, 0.29) is 11.5 Å². The van der Waals surface area contributed by atoms with Crippen molar-refractivity contribution in [3.05, 3.63) is 33.6 Å². The van der Waals surface area contributed by atoms with Crippen molar-refractivity contribution >= 4 is 17.8 Å². The van der Waals surface area contributed by atoms with Crippen molar-refractivity contribution in [1.29, 1.82) is 0 Å². The van der Waals surface area contributed by atoms with Gasteiger partial charge in [-0.1, -0.05) is 5.57 Å². The lowest BCUT2D eigenvalue weighted by atomic mass is 9.81. The number of nitrogens with zero attached hydrogens (tertiary/aromatic N) is 1. The van der Waals surface area contributed by atoms with E-state index >= 15 is 0 Å². The highest BCUT2D eigenvalue weighted by Crippen LogP contribution is 2.45. The molecule has 1 fully saturated rings. The minimum atomic E-state index is -0.371. The van der Waals surface area contributed by atoms with Crippen LogP contribution in [0.2, 0.25) is 0 Å². The van der Waals surface area contributed by atoms with Gasteiger partial charge in [0.1, 0.15) is 0 Å². The quantitative estimate of drug-likeness (QED) is 0.665. The molecule has 4 aliphatic rings. The van der Waals surface area contributed by atoms with Gasteiger partial charge in [-0.2, -0.15) is 0 Å². The second-order valence-corrected chi connectivity index (χ2v) is 7.71. The van der Waals surface area contributed by atoms with Gasteiger partial charge in [0.05, 0.1) is 11.8 Å². The molecule has 2 aliphatic carbocycles. The summed E-state index contributed by atoms with van der Waals surface area (Å²) in [5.41, 5.74) is 8.02. The van der Waals surface area contributed by atoms with Crippen molar-refractivity contribution in [3.8, 4) is 0 Å². The zero-order chi connectivity index (χ0) is 15.8. The fourth-order valence-electron chi connectivity index (χ4n) is 4.45. The molecule has 1 saturated heterocycles. The molecule has 3 nitrogen and oxygen atoms in total. The maximum atomic E-state index is 10.8. The number of nitrogens with one attached hydrogen (secondary N) is 1. The molecule has 0 saturated carbocycles. The first-order chi connectivity index (χ1) is 11.2. The van der Waals surface area contributed by atoms with E-state index in [4.69, 9.17) is 16.6 Å². The van der Waals surface area contributed by atoms with Crippen molar-refractivity contribution < 1.29 is 5.11 Å². The monoisotopic (exact) mass is 332 g/mol. The number of rotatable bonds is 0. The van der Waals surface area contributed by atoms with Crippen LogP contribution in [0.15, 0.2) is 38.6 Å². The molecule has 2 atom stereocenters. The molecule has 4 rings (SSSR count). The van der Waals surface area contributed by atoms with Crippen LogP contribution in [0, 0.1) is 0 Å². The summed E-state index contributed by atoms with van der Waals surface area (Å²) in [5.74, 6) is 0. The number of hydrogen-bond donors (Lipinski definition) is 2.